The third-order valence-corrected chi connectivity index (χ3v) is 4.56. The number of ether oxygens (including phenoxy) is 1. The summed E-state index contributed by atoms with van der Waals surface area (Å²) in [7, 11) is 2.48. The largest absolute Gasteiger partial charge is 0.493 e. The van der Waals surface area contributed by atoms with Gasteiger partial charge >= 0.3 is 6.18 Å². The van der Waals surface area contributed by atoms with E-state index < -0.39 is 11.7 Å². The van der Waals surface area contributed by atoms with Crippen LogP contribution in [-0.4, -0.2) is 24.9 Å². The van der Waals surface area contributed by atoms with E-state index in [1.54, 1.807) is 6.07 Å². The zero-order chi connectivity index (χ0) is 21.4. The minimum absolute atomic E-state index is 0.179. The number of hydrogen-bond donors (Lipinski definition) is 1. The molecule has 0 aliphatic heterocycles. The van der Waals surface area contributed by atoms with Crippen LogP contribution < -0.4 is 10.1 Å². The van der Waals surface area contributed by atoms with Gasteiger partial charge in [0.05, 0.1) is 24.9 Å². The molecule has 0 atom stereocenters. The van der Waals surface area contributed by atoms with E-state index in [-0.39, 0.29) is 12.1 Å². The van der Waals surface area contributed by atoms with Gasteiger partial charge in [-0.15, -0.1) is 0 Å². The van der Waals surface area contributed by atoms with Gasteiger partial charge in [0, 0.05) is 25.2 Å². The fourth-order valence-corrected chi connectivity index (χ4v) is 3.37. The Morgan fingerprint density at radius 2 is 1.72 bits per heavy atom. The molecule has 3 nitrogen and oxygen atoms in total. The van der Waals surface area contributed by atoms with Gasteiger partial charge in [0.2, 0.25) is 0 Å². The molecule has 1 aromatic heterocycles. The first-order valence-corrected chi connectivity index (χ1v) is 9.35. The van der Waals surface area contributed by atoms with Crippen LogP contribution in [0, 0.1) is 0 Å². The summed E-state index contributed by atoms with van der Waals surface area (Å²) >= 11 is 0. The summed E-state index contributed by atoms with van der Waals surface area (Å²) in [6, 6.07) is 11.6. The van der Waals surface area contributed by atoms with Gasteiger partial charge in [0.15, 0.2) is 0 Å². The molecule has 29 heavy (non-hydrogen) atoms. The van der Waals surface area contributed by atoms with Crippen LogP contribution >= 0.6 is 0 Å². The van der Waals surface area contributed by atoms with Crippen LogP contribution in [0.3, 0.4) is 0 Å². The molecule has 3 aromatic rings. The van der Waals surface area contributed by atoms with Crippen molar-refractivity contribution >= 4 is 10.9 Å². The summed E-state index contributed by atoms with van der Waals surface area (Å²) in [6.45, 7) is 3.28. The molecule has 0 bridgehead atoms. The van der Waals surface area contributed by atoms with Crippen molar-refractivity contribution in [3.63, 3.8) is 0 Å². The van der Waals surface area contributed by atoms with Crippen LogP contribution in [0.5, 0.6) is 5.75 Å². The quantitative estimate of drug-likeness (QED) is 0.410. The summed E-state index contributed by atoms with van der Waals surface area (Å²) in [5.74, 6) is 0.841. The maximum absolute atomic E-state index is 13.1. The van der Waals surface area contributed by atoms with Crippen molar-refractivity contribution in [3.05, 3.63) is 65.4 Å². The summed E-state index contributed by atoms with van der Waals surface area (Å²) in [5, 5.41) is 4.21. The lowest BCUT2D eigenvalue weighted by atomic mass is 10.1. The van der Waals surface area contributed by atoms with Crippen molar-refractivity contribution in [2.75, 3.05) is 20.3 Å². The van der Waals surface area contributed by atoms with Gasteiger partial charge in [-0.25, -0.2) is 0 Å². The Morgan fingerprint density at radius 3 is 2.41 bits per heavy atom. The minimum atomic E-state index is -4.33. The average molecular weight is 410 g/mol. The summed E-state index contributed by atoms with van der Waals surface area (Å²) in [4.78, 5) is 0. The maximum atomic E-state index is 13.1. The highest BCUT2D eigenvalue weighted by Crippen LogP contribution is 2.32. The minimum Gasteiger partial charge on any atom is -0.493 e. The van der Waals surface area contributed by atoms with E-state index in [0.717, 1.165) is 28.3 Å². The highest BCUT2D eigenvalue weighted by Gasteiger charge is 2.32. The molecule has 158 valence electrons. The zero-order valence-corrected chi connectivity index (χ0v) is 16.8. The fraction of sp³-hybridized carbons (Fsp3) is 0.364. The van der Waals surface area contributed by atoms with Gasteiger partial charge in [-0.05, 0) is 49.2 Å². The Labute approximate surface area is 168 Å². The van der Waals surface area contributed by atoms with Crippen molar-refractivity contribution in [3.8, 4) is 5.75 Å². The standard InChI is InChI=1S/C21H23F3N2O.CH3F/c1-3-27-19-10-6-9-18-20(19)16(14-26(18)2)11-12-25-13-15-7-4-5-8-17(15)21(22,23)24;1-2/h4-10,14,25H,3,11-13H2,1-2H3;1H3. The second kappa shape index (κ2) is 10.3. The number of aromatic nitrogens is 1. The third kappa shape index (κ3) is 5.50. The van der Waals surface area contributed by atoms with Gasteiger partial charge in [0.1, 0.15) is 5.75 Å². The molecule has 2 aromatic carbocycles. The molecule has 0 fully saturated rings. The highest BCUT2D eigenvalue weighted by atomic mass is 19.4. The van der Waals surface area contributed by atoms with Crippen LogP contribution in [-0.2, 0) is 26.2 Å². The van der Waals surface area contributed by atoms with E-state index in [9.17, 15) is 17.6 Å². The molecule has 0 spiro atoms. The zero-order valence-electron chi connectivity index (χ0n) is 16.8. The first kappa shape index (κ1) is 22.7. The van der Waals surface area contributed by atoms with E-state index >= 15 is 0 Å². The molecule has 7 heteroatoms. The molecule has 0 saturated heterocycles. The van der Waals surface area contributed by atoms with Crippen molar-refractivity contribution in [1.29, 1.82) is 0 Å². The van der Waals surface area contributed by atoms with Gasteiger partial charge in [-0.3, -0.25) is 4.39 Å². The van der Waals surface area contributed by atoms with E-state index in [4.69, 9.17) is 4.74 Å². The first-order chi connectivity index (χ1) is 13.9. The number of benzene rings is 2. The molecule has 1 N–H and O–H groups in total. The van der Waals surface area contributed by atoms with Crippen LogP contribution in [0.4, 0.5) is 17.6 Å². The molecule has 3 rings (SSSR count). The molecular weight excluding hydrogens is 384 g/mol. The number of aryl methyl sites for hydroxylation is 1. The van der Waals surface area contributed by atoms with Crippen molar-refractivity contribution in [2.24, 2.45) is 7.05 Å². The predicted molar refractivity (Wildman–Crippen MR) is 108 cm³/mol. The highest BCUT2D eigenvalue weighted by molar-refractivity contribution is 5.90. The second-order valence-electron chi connectivity index (χ2n) is 6.43. The van der Waals surface area contributed by atoms with E-state index in [1.807, 2.05) is 36.7 Å². The number of fused-ring (bicyclic) bond motifs is 1. The van der Waals surface area contributed by atoms with Crippen LogP contribution in [0.15, 0.2) is 48.7 Å². The molecule has 0 radical (unpaired) electrons. The number of nitrogens with one attached hydrogen (secondary N) is 1. The van der Waals surface area contributed by atoms with Gasteiger partial charge < -0.3 is 14.6 Å². The molecular formula is C22H26F4N2O. The van der Waals surface area contributed by atoms with E-state index in [0.29, 0.717) is 26.7 Å². The first-order valence-electron chi connectivity index (χ1n) is 9.35. The molecule has 0 unspecified atom stereocenters. The Hall–Kier alpha value is -2.54. The number of nitrogens with zero attached hydrogens (tertiary/aromatic N) is 1. The Bertz CT molecular complexity index is 919. The lowest BCUT2D eigenvalue weighted by Gasteiger charge is -2.13. The maximum Gasteiger partial charge on any atom is 0.416 e. The van der Waals surface area contributed by atoms with Crippen LogP contribution in [0.25, 0.3) is 10.9 Å². The SMILES string of the molecule is CCOc1cccc2c1c(CCNCc1ccccc1C(F)(F)F)cn2C.CF. The second-order valence-corrected chi connectivity index (χ2v) is 6.43. The molecule has 0 aliphatic carbocycles. The molecule has 0 amide bonds. The number of halogens is 4. The van der Waals surface area contributed by atoms with E-state index in [1.165, 1.54) is 12.1 Å². The average Bonchev–Trinajstić information content (AvgIpc) is 3.03. The summed E-state index contributed by atoms with van der Waals surface area (Å²) in [6.07, 6.45) is -1.57. The smallest absolute Gasteiger partial charge is 0.416 e. The van der Waals surface area contributed by atoms with Crippen molar-refractivity contribution in [2.45, 2.75) is 26.1 Å². The van der Waals surface area contributed by atoms with Gasteiger partial charge in [0.25, 0.3) is 0 Å². The predicted octanol–water partition coefficient (Wildman–Crippen LogP) is 5.51. The van der Waals surface area contributed by atoms with E-state index in [2.05, 4.69) is 11.5 Å². The lowest BCUT2D eigenvalue weighted by Crippen LogP contribution is -2.19. The third-order valence-electron chi connectivity index (χ3n) is 4.56. The van der Waals surface area contributed by atoms with Crippen molar-refractivity contribution < 1.29 is 22.3 Å². The monoisotopic (exact) mass is 410 g/mol. The van der Waals surface area contributed by atoms with Crippen LogP contribution in [0.1, 0.15) is 23.6 Å². The normalized spacial score (nSPS) is 11.3. The van der Waals surface area contributed by atoms with Gasteiger partial charge in [-0.2, -0.15) is 13.2 Å². The van der Waals surface area contributed by atoms with Gasteiger partial charge in [-0.1, -0.05) is 24.3 Å². The fourth-order valence-electron chi connectivity index (χ4n) is 3.37. The lowest BCUT2D eigenvalue weighted by molar-refractivity contribution is -0.138. The molecule has 0 saturated carbocycles. The number of alkyl halides is 4. The number of hydrogen-bond acceptors (Lipinski definition) is 2. The Balaban J connectivity index is 0.00000145. The van der Waals surface area contributed by atoms with Crippen LogP contribution in [0.2, 0.25) is 0 Å². The Morgan fingerprint density at radius 1 is 1.00 bits per heavy atom. The van der Waals surface area contributed by atoms with Crippen molar-refractivity contribution in [1.82, 2.24) is 9.88 Å². The number of rotatable bonds is 7. The summed E-state index contributed by atoms with van der Waals surface area (Å²) in [5.41, 5.74) is 1.88. The Kier molecular flexibility index (Phi) is 8.08. The topological polar surface area (TPSA) is 26.2 Å². The molecule has 1 heterocycles. The summed E-state index contributed by atoms with van der Waals surface area (Å²) < 4.78 is 56.5. The molecule has 0 aliphatic rings.